The topological polar surface area (TPSA) is 58.6 Å². The minimum absolute atomic E-state index is 0.0224. The summed E-state index contributed by atoms with van der Waals surface area (Å²) in [6.45, 7) is 3.76. The summed E-state index contributed by atoms with van der Waals surface area (Å²) >= 11 is 0. The first-order valence-corrected chi connectivity index (χ1v) is 11.1. The monoisotopic (exact) mass is 406 g/mol. The lowest BCUT2D eigenvalue weighted by Gasteiger charge is -2.30. The van der Waals surface area contributed by atoms with Gasteiger partial charge in [0.05, 0.1) is 17.7 Å². The molecule has 4 rings (SSSR count). The van der Waals surface area contributed by atoms with Crippen LogP contribution < -0.4 is 10.1 Å². The zero-order valence-electron chi connectivity index (χ0n) is 17.7. The minimum atomic E-state index is -0.170. The highest BCUT2D eigenvalue weighted by atomic mass is 16.5. The number of nitrogens with zero attached hydrogens (tertiary/aromatic N) is 1. The van der Waals surface area contributed by atoms with Gasteiger partial charge in [0.15, 0.2) is 0 Å². The Kier molecular flexibility index (Phi) is 6.36. The van der Waals surface area contributed by atoms with Gasteiger partial charge in [0.25, 0.3) is 11.8 Å². The van der Waals surface area contributed by atoms with Crippen molar-refractivity contribution in [1.29, 1.82) is 0 Å². The molecule has 0 atom stereocenters. The van der Waals surface area contributed by atoms with Gasteiger partial charge in [-0.25, -0.2) is 0 Å². The molecular formula is C25H30N2O3. The largest absolute Gasteiger partial charge is 0.494 e. The molecule has 1 fully saturated rings. The molecule has 158 valence electrons. The van der Waals surface area contributed by atoms with Crippen molar-refractivity contribution in [3.05, 3.63) is 64.7 Å². The average Bonchev–Trinajstić information content (AvgIpc) is 3.12. The standard InChI is InChI=1S/C25H30N2O3/c1-2-30-21-13-11-18(12-14-21)15-16-26-24(28)22-10-6-7-19-17-27(25(29)23(19)22)20-8-4-3-5-9-20/h6-7,10-14,20H,2-5,8-9,15-17H2,1H3,(H,26,28). The second-order valence-electron chi connectivity index (χ2n) is 8.15. The third-order valence-electron chi connectivity index (χ3n) is 6.16. The van der Waals surface area contributed by atoms with Crippen LogP contribution in [0.15, 0.2) is 42.5 Å². The lowest BCUT2D eigenvalue weighted by Crippen LogP contribution is -2.37. The predicted molar refractivity (Wildman–Crippen MR) is 117 cm³/mol. The van der Waals surface area contributed by atoms with Gasteiger partial charge >= 0.3 is 0 Å². The van der Waals surface area contributed by atoms with E-state index in [9.17, 15) is 9.59 Å². The second-order valence-corrected chi connectivity index (χ2v) is 8.15. The van der Waals surface area contributed by atoms with Gasteiger partial charge in [-0.15, -0.1) is 0 Å². The van der Waals surface area contributed by atoms with E-state index in [-0.39, 0.29) is 11.8 Å². The van der Waals surface area contributed by atoms with E-state index in [4.69, 9.17) is 4.74 Å². The highest BCUT2D eigenvalue weighted by Crippen LogP contribution is 2.32. The van der Waals surface area contributed by atoms with Gasteiger partial charge in [-0.3, -0.25) is 9.59 Å². The molecule has 30 heavy (non-hydrogen) atoms. The maximum atomic E-state index is 13.1. The minimum Gasteiger partial charge on any atom is -0.494 e. The van der Waals surface area contributed by atoms with E-state index in [1.165, 1.54) is 19.3 Å². The molecule has 2 aliphatic rings. The summed E-state index contributed by atoms with van der Waals surface area (Å²) in [6, 6.07) is 13.9. The molecule has 2 aromatic rings. The molecular weight excluding hydrogens is 376 g/mol. The highest BCUT2D eigenvalue weighted by Gasteiger charge is 2.35. The lowest BCUT2D eigenvalue weighted by atomic mass is 9.94. The van der Waals surface area contributed by atoms with E-state index in [2.05, 4.69) is 5.32 Å². The Morgan fingerprint density at radius 2 is 1.87 bits per heavy atom. The van der Waals surface area contributed by atoms with Crippen molar-refractivity contribution in [2.75, 3.05) is 13.2 Å². The molecule has 1 N–H and O–H groups in total. The number of hydrogen-bond donors (Lipinski definition) is 1. The first-order chi connectivity index (χ1) is 14.7. The van der Waals surface area contributed by atoms with Gasteiger partial charge in [-0.05, 0) is 55.5 Å². The number of benzene rings is 2. The molecule has 1 saturated carbocycles. The summed E-state index contributed by atoms with van der Waals surface area (Å²) in [5.74, 6) is 0.706. The molecule has 5 heteroatoms. The van der Waals surface area contributed by atoms with Crippen molar-refractivity contribution >= 4 is 11.8 Å². The highest BCUT2D eigenvalue weighted by molar-refractivity contribution is 6.09. The Morgan fingerprint density at radius 1 is 1.10 bits per heavy atom. The number of amides is 2. The van der Waals surface area contributed by atoms with Gasteiger partial charge in [0, 0.05) is 19.1 Å². The number of fused-ring (bicyclic) bond motifs is 1. The van der Waals surface area contributed by atoms with Crippen LogP contribution in [0.25, 0.3) is 0 Å². The molecule has 0 aromatic heterocycles. The second kappa shape index (κ2) is 9.33. The van der Waals surface area contributed by atoms with Crippen LogP contribution >= 0.6 is 0 Å². The Bertz CT molecular complexity index is 901. The summed E-state index contributed by atoms with van der Waals surface area (Å²) in [7, 11) is 0. The van der Waals surface area contributed by atoms with Crippen molar-refractivity contribution in [3.63, 3.8) is 0 Å². The molecule has 0 spiro atoms. The molecule has 1 aliphatic heterocycles. The maximum Gasteiger partial charge on any atom is 0.255 e. The SMILES string of the molecule is CCOc1ccc(CCNC(=O)c2cccc3c2C(=O)N(C2CCCCC2)C3)cc1. The van der Waals surface area contributed by atoms with E-state index >= 15 is 0 Å². The number of carbonyl (C=O) groups is 2. The zero-order chi connectivity index (χ0) is 20.9. The van der Waals surface area contributed by atoms with Gasteiger partial charge < -0.3 is 15.0 Å². The molecule has 0 bridgehead atoms. The van der Waals surface area contributed by atoms with Crippen LogP contribution in [0.3, 0.4) is 0 Å². The van der Waals surface area contributed by atoms with Crippen molar-refractivity contribution in [2.24, 2.45) is 0 Å². The third kappa shape index (κ3) is 4.35. The maximum absolute atomic E-state index is 13.1. The van der Waals surface area contributed by atoms with E-state index in [0.717, 1.165) is 36.1 Å². The summed E-state index contributed by atoms with van der Waals surface area (Å²) in [5.41, 5.74) is 3.21. The first-order valence-electron chi connectivity index (χ1n) is 11.1. The number of ether oxygens (including phenoxy) is 1. The van der Waals surface area contributed by atoms with Crippen molar-refractivity contribution in [2.45, 2.75) is 58.0 Å². The van der Waals surface area contributed by atoms with Crippen LogP contribution in [0.5, 0.6) is 5.75 Å². The van der Waals surface area contributed by atoms with Crippen LogP contribution in [-0.4, -0.2) is 35.9 Å². The predicted octanol–water partition coefficient (Wildman–Crippen LogP) is 4.35. The van der Waals surface area contributed by atoms with Crippen molar-refractivity contribution in [3.8, 4) is 5.75 Å². The van der Waals surface area contributed by atoms with Crippen LogP contribution in [-0.2, 0) is 13.0 Å². The van der Waals surface area contributed by atoms with Gasteiger partial charge in [-0.2, -0.15) is 0 Å². The number of rotatable bonds is 7. The van der Waals surface area contributed by atoms with E-state index in [1.54, 1.807) is 6.07 Å². The normalized spacial score (nSPS) is 16.4. The summed E-state index contributed by atoms with van der Waals surface area (Å²) in [4.78, 5) is 28.0. The van der Waals surface area contributed by atoms with Crippen LogP contribution in [0, 0.1) is 0 Å². The van der Waals surface area contributed by atoms with Crippen LogP contribution in [0.1, 0.15) is 70.9 Å². The molecule has 0 radical (unpaired) electrons. The van der Waals surface area contributed by atoms with E-state index in [1.807, 2.05) is 48.2 Å². The Hall–Kier alpha value is -2.82. The summed E-state index contributed by atoms with van der Waals surface area (Å²) < 4.78 is 5.46. The zero-order valence-corrected chi connectivity index (χ0v) is 17.7. The van der Waals surface area contributed by atoms with E-state index in [0.29, 0.717) is 36.9 Å². The van der Waals surface area contributed by atoms with Crippen LogP contribution in [0.4, 0.5) is 0 Å². The molecule has 1 aliphatic carbocycles. The van der Waals surface area contributed by atoms with Gasteiger partial charge in [-0.1, -0.05) is 43.5 Å². The van der Waals surface area contributed by atoms with Gasteiger partial charge in [0.2, 0.25) is 0 Å². The fourth-order valence-electron chi connectivity index (χ4n) is 4.59. The quantitative estimate of drug-likeness (QED) is 0.744. The number of nitrogens with one attached hydrogen (secondary N) is 1. The van der Waals surface area contributed by atoms with Crippen molar-refractivity contribution in [1.82, 2.24) is 10.2 Å². The lowest BCUT2D eigenvalue weighted by molar-refractivity contribution is 0.0656. The number of hydrogen-bond acceptors (Lipinski definition) is 3. The fraction of sp³-hybridized carbons (Fsp3) is 0.440. The number of carbonyl (C=O) groups excluding carboxylic acids is 2. The smallest absolute Gasteiger partial charge is 0.255 e. The third-order valence-corrected chi connectivity index (χ3v) is 6.16. The summed E-state index contributed by atoms with van der Waals surface area (Å²) in [5, 5.41) is 2.99. The molecule has 0 unspecified atom stereocenters. The van der Waals surface area contributed by atoms with Crippen molar-refractivity contribution < 1.29 is 14.3 Å². The first kappa shape index (κ1) is 20.5. The Labute approximate surface area is 178 Å². The van der Waals surface area contributed by atoms with E-state index < -0.39 is 0 Å². The van der Waals surface area contributed by atoms with Gasteiger partial charge in [0.1, 0.15) is 5.75 Å². The summed E-state index contributed by atoms with van der Waals surface area (Å²) in [6.07, 6.45) is 6.50. The van der Waals surface area contributed by atoms with Crippen LogP contribution in [0.2, 0.25) is 0 Å². The fourth-order valence-corrected chi connectivity index (χ4v) is 4.59. The molecule has 5 nitrogen and oxygen atoms in total. The molecule has 0 saturated heterocycles. The molecule has 2 aromatic carbocycles. The molecule has 2 amide bonds. The Balaban J connectivity index is 1.39. The Morgan fingerprint density at radius 3 is 2.60 bits per heavy atom. The molecule has 1 heterocycles. The average molecular weight is 407 g/mol.